The van der Waals surface area contributed by atoms with Crippen molar-refractivity contribution in [1.82, 2.24) is 5.43 Å². The fraction of sp³-hybridized carbons (Fsp3) is 0.0714. The molecule has 0 unspecified atom stereocenters. The van der Waals surface area contributed by atoms with Crippen molar-refractivity contribution >= 4 is 51.0 Å². The second-order valence-corrected chi connectivity index (χ2v) is 10.7. The molecule has 0 heterocycles. The Balaban J connectivity index is 1.39. The van der Waals surface area contributed by atoms with Gasteiger partial charge < -0.3 is 4.74 Å². The van der Waals surface area contributed by atoms with Crippen LogP contribution in [0.2, 0.25) is 10.0 Å². The van der Waals surface area contributed by atoms with E-state index < -0.39 is 22.5 Å². The Morgan fingerprint density at radius 2 is 1.53 bits per heavy atom. The van der Waals surface area contributed by atoms with Gasteiger partial charge in [-0.2, -0.15) is 5.10 Å². The monoisotopic (exact) mass is 567 g/mol. The highest BCUT2D eigenvalue weighted by Gasteiger charge is 2.27. The van der Waals surface area contributed by atoms with Crippen molar-refractivity contribution in [2.75, 3.05) is 10.8 Å². The van der Waals surface area contributed by atoms with E-state index in [1.807, 2.05) is 18.2 Å². The Hall–Kier alpha value is -3.85. The predicted molar refractivity (Wildman–Crippen MR) is 150 cm³/mol. The first-order valence-electron chi connectivity index (χ1n) is 11.4. The number of carbonyl (C=O) groups excluding carboxylic acids is 1. The predicted octanol–water partition coefficient (Wildman–Crippen LogP) is 5.92. The maximum atomic E-state index is 13.3. The van der Waals surface area contributed by atoms with Gasteiger partial charge in [0.05, 0.1) is 16.8 Å². The molecule has 1 N–H and O–H groups in total. The van der Waals surface area contributed by atoms with Gasteiger partial charge in [0, 0.05) is 15.6 Å². The molecule has 4 rings (SSSR count). The Kier molecular flexibility index (Phi) is 9.02. The fourth-order valence-electron chi connectivity index (χ4n) is 3.41. The first-order valence-corrected chi connectivity index (χ1v) is 13.6. The van der Waals surface area contributed by atoms with Crippen LogP contribution in [0.15, 0.2) is 113 Å². The fourth-order valence-corrected chi connectivity index (χ4v) is 5.17. The van der Waals surface area contributed by atoms with Crippen molar-refractivity contribution in [3.05, 3.63) is 124 Å². The number of hydrazone groups is 1. The summed E-state index contributed by atoms with van der Waals surface area (Å²) in [6.07, 6.45) is 1.45. The number of sulfonamides is 1. The average molecular weight is 568 g/mol. The smallest absolute Gasteiger partial charge is 0.264 e. The molecule has 0 aliphatic carbocycles. The van der Waals surface area contributed by atoms with Gasteiger partial charge in [-0.05, 0) is 72.3 Å². The van der Waals surface area contributed by atoms with E-state index in [4.69, 9.17) is 27.9 Å². The summed E-state index contributed by atoms with van der Waals surface area (Å²) >= 11 is 12.1. The molecule has 0 aliphatic rings. The molecule has 0 bridgehead atoms. The van der Waals surface area contributed by atoms with E-state index >= 15 is 0 Å². The Bertz CT molecular complexity index is 1510. The minimum Gasteiger partial charge on any atom is -0.489 e. The number of benzene rings is 4. The molecule has 4 aromatic carbocycles. The highest BCUT2D eigenvalue weighted by atomic mass is 35.5. The van der Waals surface area contributed by atoms with E-state index in [-0.39, 0.29) is 4.90 Å². The quantitative estimate of drug-likeness (QED) is 0.190. The second-order valence-electron chi connectivity index (χ2n) is 8.04. The van der Waals surface area contributed by atoms with Crippen molar-refractivity contribution in [3.8, 4) is 5.75 Å². The van der Waals surface area contributed by atoms with Gasteiger partial charge in [-0.25, -0.2) is 13.8 Å². The van der Waals surface area contributed by atoms with E-state index in [2.05, 4.69) is 10.5 Å². The number of nitrogens with zero attached hydrogens (tertiary/aromatic N) is 2. The highest BCUT2D eigenvalue weighted by Crippen LogP contribution is 2.25. The molecular weight excluding hydrogens is 545 g/mol. The third-order valence-electron chi connectivity index (χ3n) is 5.37. The highest BCUT2D eigenvalue weighted by molar-refractivity contribution is 7.92. The van der Waals surface area contributed by atoms with Gasteiger partial charge in [-0.1, -0.05) is 59.6 Å². The van der Waals surface area contributed by atoms with E-state index in [9.17, 15) is 13.2 Å². The molecule has 0 fully saturated rings. The SMILES string of the molecule is O=C(CN(c1ccc(Cl)cc1)S(=O)(=O)c1ccccc1)N/N=C\c1ccc(OCc2ccccc2Cl)cc1. The molecule has 194 valence electrons. The van der Waals surface area contributed by atoms with Crippen molar-refractivity contribution < 1.29 is 17.9 Å². The third kappa shape index (κ3) is 7.13. The minimum atomic E-state index is -4.02. The van der Waals surface area contributed by atoms with Crippen molar-refractivity contribution in [2.45, 2.75) is 11.5 Å². The Morgan fingerprint density at radius 3 is 2.21 bits per heavy atom. The Morgan fingerprint density at radius 1 is 0.868 bits per heavy atom. The molecule has 1 amide bonds. The van der Waals surface area contributed by atoms with Crippen molar-refractivity contribution in [2.24, 2.45) is 5.10 Å². The maximum absolute atomic E-state index is 13.3. The lowest BCUT2D eigenvalue weighted by Crippen LogP contribution is -2.39. The molecule has 0 atom stereocenters. The molecule has 7 nitrogen and oxygen atoms in total. The summed E-state index contributed by atoms with van der Waals surface area (Å²) in [5.74, 6) is 0.0335. The maximum Gasteiger partial charge on any atom is 0.264 e. The van der Waals surface area contributed by atoms with E-state index in [1.165, 1.54) is 30.5 Å². The summed E-state index contributed by atoms with van der Waals surface area (Å²) < 4.78 is 33.4. The van der Waals surface area contributed by atoms with E-state index in [0.717, 1.165) is 9.87 Å². The van der Waals surface area contributed by atoms with Crippen LogP contribution in [-0.2, 0) is 21.4 Å². The summed E-state index contributed by atoms with van der Waals surface area (Å²) in [5.41, 5.74) is 4.27. The number of hydrogen-bond donors (Lipinski definition) is 1. The van der Waals surface area contributed by atoms with E-state index in [0.29, 0.717) is 33.7 Å². The van der Waals surface area contributed by atoms with Gasteiger partial charge in [0.2, 0.25) is 0 Å². The first kappa shape index (κ1) is 27.2. The number of rotatable bonds is 10. The minimum absolute atomic E-state index is 0.0584. The molecule has 0 saturated heterocycles. The standard InChI is InChI=1S/C28H23Cl2N3O4S/c29-23-12-14-24(15-13-23)33(38(35,36)26-7-2-1-3-8-26)19-28(34)32-31-18-21-10-16-25(17-11-21)37-20-22-6-4-5-9-27(22)30/h1-18H,19-20H2,(H,32,34)/b31-18-. The molecule has 0 spiro atoms. The zero-order valence-electron chi connectivity index (χ0n) is 20.0. The lowest BCUT2D eigenvalue weighted by atomic mass is 10.2. The lowest BCUT2D eigenvalue weighted by Gasteiger charge is -2.23. The molecule has 0 aliphatic heterocycles. The number of nitrogens with one attached hydrogen (secondary N) is 1. The van der Waals surface area contributed by atoms with Gasteiger partial charge >= 0.3 is 0 Å². The molecule has 0 radical (unpaired) electrons. The lowest BCUT2D eigenvalue weighted by molar-refractivity contribution is -0.119. The molecule has 4 aromatic rings. The summed E-state index contributed by atoms with van der Waals surface area (Å²) in [6.45, 7) is -0.149. The number of amides is 1. The van der Waals surface area contributed by atoms with Crippen LogP contribution in [0.5, 0.6) is 5.75 Å². The molecule has 0 aromatic heterocycles. The number of hydrogen-bond acceptors (Lipinski definition) is 5. The summed E-state index contributed by atoms with van der Waals surface area (Å²) in [6, 6.07) is 28.6. The van der Waals surface area contributed by atoms with Gasteiger partial charge in [-0.3, -0.25) is 9.10 Å². The Labute approximate surface area is 231 Å². The van der Waals surface area contributed by atoms with Crippen molar-refractivity contribution in [1.29, 1.82) is 0 Å². The number of anilines is 1. The zero-order valence-corrected chi connectivity index (χ0v) is 22.3. The van der Waals surface area contributed by atoms with Gasteiger partial charge in [0.25, 0.3) is 15.9 Å². The number of ether oxygens (including phenoxy) is 1. The van der Waals surface area contributed by atoms with Gasteiger partial charge in [-0.15, -0.1) is 0 Å². The van der Waals surface area contributed by atoms with Gasteiger partial charge in [0.15, 0.2) is 0 Å². The first-order chi connectivity index (χ1) is 18.3. The van der Waals surface area contributed by atoms with Crippen LogP contribution in [0.3, 0.4) is 0 Å². The topological polar surface area (TPSA) is 88.1 Å². The van der Waals surface area contributed by atoms with Crippen LogP contribution in [0.1, 0.15) is 11.1 Å². The van der Waals surface area contributed by atoms with Crippen LogP contribution in [0, 0.1) is 0 Å². The normalized spacial score (nSPS) is 11.3. The van der Waals surface area contributed by atoms with Crippen LogP contribution >= 0.6 is 23.2 Å². The van der Waals surface area contributed by atoms with Gasteiger partial charge in [0.1, 0.15) is 18.9 Å². The van der Waals surface area contributed by atoms with E-state index in [1.54, 1.807) is 60.7 Å². The molecule has 0 saturated carbocycles. The third-order valence-corrected chi connectivity index (χ3v) is 7.78. The molecular formula is C28H23Cl2N3O4S. The average Bonchev–Trinajstić information content (AvgIpc) is 2.93. The summed E-state index contributed by atoms with van der Waals surface area (Å²) in [5, 5.41) is 5.05. The summed E-state index contributed by atoms with van der Waals surface area (Å²) in [7, 11) is -4.02. The van der Waals surface area contributed by atoms with Crippen LogP contribution in [0.25, 0.3) is 0 Å². The second kappa shape index (κ2) is 12.6. The molecule has 10 heteroatoms. The van der Waals surface area contributed by atoms with Crippen LogP contribution in [0.4, 0.5) is 5.69 Å². The summed E-state index contributed by atoms with van der Waals surface area (Å²) in [4.78, 5) is 12.7. The van der Waals surface area contributed by atoms with Crippen molar-refractivity contribution in [3.63, 3.8) is 0 Å². The molecule has 38 heavy (non-hydrogen) atoms. The van der Waals surface area contributed by atoms with Crippen LogP contribution in [-0.4, -0.2) is 27.1 Å². The number of halogens is 2. The number of carbonyl (C=O) groups is 1. The zero-order chi connectivity index (χ0) is 27.0. The largest absolute Gasteiger partial charge is 0.489 e. The van der Waals surface area contributed by atoms with Crippen LogP contribution < -0.4 is 14.5 Å².